The molecule has 0 saturated carbocycles. The van der Waals surface area contributed by atoms with Crippen LogP contribution in [0.3, 0.4) is 0 Å². The molecule has 2 nitrogen and oxygen atoms in total. The van der Waals surface area contributed by atoms with Crippen molar-refractivity contribution >= 4 is 22.7 Å². The van der Waals surface area contributed by atoms with Gasteiger partial charge in [0.1, 0.15) is 0 Å². The van der Waals surface area contributed by atoms with Crippen LogP contribution in [0.25, 0.3) is 0 Å². The van der Waals surface area contributed by atoms with E-state index >= 15 is 0 Å². The maximum atomic E-state index is 4.27. The van der Waals surface area contributed by atoms with Crippen molar-refractivity contribution in [3.05, 3.63) is 38.5 Å². The van der Waals surface area contributed by atoms with Crippen LogP contribution < -0.4 is 5.32 Å². The van der Waals surface area contributed by atoms with Crippen molar-refractivity contribution in [1.82, 2.24) is 10.3 Å². The number of thiophene rings is 1. The predicted octanol–water partition coefficient (Wildman–Crippen LogP) is 3.28. The van der Waals surface area contributed by atoms with E-state index in [1.54, 1.807) is 22.7 Å². The van der Waals surface area contributed by atoms with Crippen LogP contribution in [0.1, 0.15) is 23.1 Å². The topological polar surface area (TPSA) is 24.9 Å². The molecule has 0 aromatic carbocycles. The maximum absolute atomic E-state index is 4.27. The molecule has 2 heterocycles. The van der Waals surface area contributed by atoms with E-state index in [2.05, 4.69) is 41.0 Å². The fraction of sp³-hybridized carbons (Fsp3) is 0.462. The molecule has 0 spiro atoms. The van der Waals surface area contributed by atoms with E-state index in [0.29, 0.717) is 6.04 Å². The summed E-state index contributed by atoms with van der Waals surface area (Å²) in [4.78, 5) is 5.67. The first-order valence-electron chi connectivity index (χ1n) is 5.89. The van der Waals surface area contributed by atoms with Crippen LogP contribution in [0.15, 0.2) is 22.3 Å². The molecular formula is C13H18N2S2. The summed E-state index contributed by atoms with van der Waals surface area (Å²) in [5.41, 5.74) is 4.55. The fourth-order valence-electron chi connectivity index (χ4n) is 1.83. The van der Waals surface area contributed by atoms with Gasteiger partial charge in [-0.05, 0) is 49.1 Å². The first-order valence-corrected chi connectivity index (χ1v) is 7.71. The first-order chi connectivity index (χ1) is 8.25. The van der Waals surface area contributed by atoms with E-state index in [0.717, 1.165) is 19.4 Å². The van der Waals surface area contributed by atoms with Gasteiger partial charge in [-0.25, -0.2) is 4.98 Å². The molecule has 0 aliphatic rings. The Morgan fingerprint density at radius 2 is 2.35 bits per heavy atom. The lowest BCUT2D eigenvalue weighted by atomic mass is 10.1. The average Bonchev–Trinajstić information content (AvgIpc) is 2.91. The second kappa shape index (κ2) is 6.28. The third-order valence-corrected chi connectivity index (χ3v) is 4.54. The van der Waals surface area contributed by atoms with Crippen LogP contribution in [-0.2, 0) is 12.8 Å². The molecule has 0 fully saturated rings. The highest BCUT2D eigenvalue weighted by Crippen LogP contribution is 2.12. The van der Waals surface area contributed by atoms with Gasteiger partial charge in [-0.2, -0.15) is 11.3 Å². The van der Waals surface area contributed by atoms with Gasteiger partial charge in [0.2, 0.25) is 0 Å². The maximum Gasteiger partial charge on any atom is 0.0797 e. The lowest BCUT2D eigenvalue weighted by Crippen LogP contribution is -2.29. The molecule has 17 heavy (non-hydrogen) atoms. The summed E-state index contributed by atoms with van der Waals surface area (Å²) in [6, 6.07) is 2.74. The molecule has 2 aromatic rings. The summed E-state index contributed by atoms with van der Waals surface area (Å²) in [7, 11) is 0. The number of nitrogens with one attached hydrogen (secondary N) is 1. The van der Waals surface area contributed by atoms with Crippen molar-refractivity contribution in [2.24, 2.45) is 0 Å². The Kier molecular flexibility index (Phi) is 4.71. The summed E-state index contributed by atoms with van der Waals surface area (Å²) < 4.78 is 0. The van der Waals surface area contributed by atoms with E-state index in [1.165, 1.54) is 16.1 Å². The molecule has 4 heteroatoms. The van der Waals surface area contributed by atoms with E-state index in [4.69, 9.17) is 0 Å². The Bertz CT molecular complexity index is 434. The highest BCUT2D eigenvalue weighted by atomic mass is 32.1. The molecule has 1 atom stereocenters. The molecule has 2 aromatic heterocycles. The monoisotopic (exact) mass is 266 g/mol. The summed E-state index contributed by atoms with van der Waals surface area (Å²) in [6.45, 7) is 5.37. The number of hydrogen-bond donors (Lipinski definition) is 1. The van der Waals surface area contributed by atoms with E-state index in [-0.39, 0.29) is 0 Å². The third-order valence-electron chi connectivity index (χ3n) is 2.81. The summed E-state index contributed by atoms with van der Waals surface area (Å²) >= 11 is 3.53. The second-order valence-corrected chi connectivity index (χ2v) is 6.02. The van der Waals surface area contributed by atoms with Crippen LogP contribution >= 0.6 is 22.7 Å². The van der Waals surface area contributed by atoms with Gasteiger partial charge in [0.15, 0.2) is 0 Å². The minimum atomic E-state index is 0.540. The Hall–Kier alpha value is -0.710. The van der Waals surface area contributed by atoms with Gasteiger partial charge < -0.3 is 5.32 Å². The third kappa shape index (κ3) is 3.91. The summed E-state index contributed by atoms with van der Waals surface area (Å²) in [5, 5.41) is 7.94. The minimum Gasteiger partial charge on any atom is -0.314 e. The normalized spacial score (nSPS) is 12.8. The first kappa shape index (κ1) is 12.7. The SMILES string of the molecule is Cc1ncsc1CCNC(C)Cc1ccsc1. The molecule has 1 unspecified atom stereocenters. The van der Waals surface area contributed by atoms with Crippen LogP contribution in [0.4, 0.5) is 0 Å². The second-order valence-electron chi connectivity index (χ2n) is 4.30. The van der Waals surface area contributed by atoms with Crippen molar-refractivity contribution in [2.75, 3.05) is 6.54 Å². The van der Waals surface area contributed by atoms with Gasteiger partial charge >= 0.3 is 0 Å². The molecule has 2 rings (SSSR count). The van der Waals surface area contributed by atoms with Crippen molar-refractivity contribution in [2.45, 2.75) is 32.7 Å². The molecule has 1 N–H and O–H groups in total. The Balaban J connectivity index is 1.70. The van der Waals surface area contributed by atoms with Crippen LogP contribution in [0, 0.1) is 6.92 Å². The number of thiazole rings is 1. The van der Waals surface area contributed by atoms with Gasteiger partial charge in [-0.1, -0.05) is 0 Å². The molecule has 92 valence electrons. The Labute approximate surface area is 111 Å². The Morgan fingerprint density at radius 3 is 3.00 bits per heavy atom. The zero-order valence-electron chi connectivity index (χ0n) is 10.3. The van der Waals surface area contributed by atoms with Crippen LogP contribution in [0.2, 0.25) is 0 Å². The highest BCUT2D eigenvalue weighted by Gasteiger charge is 2.05. The van der Waals surface area contributed by atoms with E-state index < -0.39 is 0 Å². The average molecular weight is 266 g/mol. The smallest absolute Gasteiger partial charge is 0.0797 e. The zero-order valence-corrected chi connectivity index (χ0v) is 11.9. The van der Waals surface area contributed by atoms with Gasteiger partial charge in [0, 0.05) is 17.5 Å². The van der Waals surface area contributed by atoms with Gasteiger partial charge in [-0.3, -0.25) is 0 Å². The van der Waals surface area contributed by atoms with Gasteiger partial charge in [0.05, 0.1) is 11.2 Å². The van der Waals surface area contributed by atoms with Crippen LogP contribution in [-0.4, -0.2) is 17.6 Å². The van der Waals surface area contributed by atoms with Gasteiger partial charge in [0.25, 0.3) is 0 Å². The van der Waals surface area contributed by atoms with Crippen molar-refractivity contribution in [1.29, 1.82) is 0 Å². The summed E-state index contributed by atoms with van der Waals surface area (Å²) in [5.74, 6) is 0. The van der Waals surface area contributed by atoms with Crippen molar-refractivity contribution in [3.8, 4) is 0 Å². The number of aromatic nitrogens is 1. The quantitative estimate of drug-likeness (QED) is 0.868. The van der Waals surface area contributed by atoms with E-state index in [1.807, 2.05) is 5.51 Å². The molecule has 0 bridgehead atoms. The predicted molar refractivity (Wildman–Crippen MR) is 76.0 cm³/mol. The fourth-order valence-corrected chi connectivity index (χ4v) is 3.30. The standard InChI is InChI=1S/C13H18N2S2/c1-10(7-12-4-6-16-8-12)14-5-3-13-11(2)15-9-17-13/h4,6,8-10,14H,3,5,7H2,1-2H3. The van der Waals surface area contributed by atoms with Gasteiger partial charge in [-0.15, -0.1) is 11.3 Å². The van der Waals surface area contributed by atoms with E-state index in [9.17, 15) is 0 Å². The van der Waals surface area contributed by atoms with Crippen molar-refractivity contribution < 1.29 is 0 Å². The van der Waals surface area contributed by atoms with Crippen LogP contribution in [0.5, 0.6) is 0 Å². The molecule has 0 radical (unpaired) electrons. The molecular weight excluding hydrogens is 248 g/mol. The largest absolute Gasteiger partial charge is 0.314 e. The number of hydrogen-bond acceptors (Lipinski definition) is 4. The Morgan fingerprint density at radius 1 is 1.47 bits per heavy atom. The molecule has 0 aliphatic heterocycles. The molecule has 0 aliphatic carbocycles. The number of nitrogens with zero attached hydrogens (tertiary/aromatic N) is 1. The number of aryl methyl sites for hydroxylation is 1. The zero-order chi connectivity index (χ0) is 12.1. The minimum absolute atomic E-state index is 0.540. The van der Waals surface area contributed by atoms with Crippen molar-refractivity contribution in [3.63, 3.8) is 0 Å². The number of rotatable bonds is 6. The molecule has 0 amide bonds. The lowest BCUT2D eigenvalue weighted by molar-refractivity contribution is 0.550. The lowest BCUT2D eigenvalue weighted by Gasteiger charge is -2.12. The molecule has 0 saturated heterocycles. The highest BCUT2D eigenvalue weighted by molar-refractivity contribution is 7.09. The summed E-state index contributed by atoms with van der Waals surface area (Å²) in [6.07, 6.45) is 2.20.